The molecule has 0 aliphatic heterocycles. The van der Waals surface area contributed by atoms with Gasteiger partial charge in [-0.25, -0.2) is 8.42 Å². The third-order valence-electron chi connectivity index (χ3n) is 1.53. The van der Waals surface area contributed by atoms with E-state index >= 15 is 0 Å². The lowest BCUT2D eigenvalue weighted by Crippen LogP contribution is -2.21. The van der Waals surface area contributed by atoms with Crippen molar-refractivity contribution in [3.05, 3.63) is 0 Å². The van der Waals surface area contributed by atoms with E-state index in [0.29, 0.717) is 0 Å². The van der Waals surface area contributed by atoms with Crippen molar-refractivity contribution in [2.24, 2.45) is 0 Å². The third-order valence-corrected chi connectivity index (χ3v) is 2.47. The van der Waals surface area contributed by atoms with Gasteiger partial charge in [-0.05, 0) is 6.92 Å². The summed E-state index contributed by atoms with van der Waals surface area (Å²) >= 11 is 0. The SMILES string of the molecule is COC(C)C(=O)CCS(C)(=O)=O. The lowest BCUT2D eigenvalue weighted by molar-refractivity contribution is -0.127. The molecule has 0 rings (SSSR count). The zero-order valence-electron chi connectivity index (χ0n) is 7.53. The van der Waals surface area contributed by atoms with Crippen LogP contribution in [0.1, 0.15) is 13.3 Å². The third kappa shape index (κ3) is 5.26. The molecule has 0 aromatic heterocycles. The van der Waals surface area contributed by atoms with E-state index in [4.69, 9.17) is 4.74 Å². The van der Waals surface area contributed by atoms with Gasteiger partial charge >= 0.3 is 0 Å². The quantitative estimate of drug-likeness (QED) is 0.619. The van der Waals surface area contributed by atoms with Crippen LogP contribution in [0, 0.1) is 0 Å². The van der Waals surface area contributed by atoms with Crippen LogP contribution in [0.15, 0.2) is 0 Å². The second kappa shape index (κ2) is 4.57. The summed E-state index contributed by atoms with van der Waals surface area (Å²) in [6.07, 6.45) is 0.637. The molecule has 4 nitrogen and oxygen atoms in total. The highest BCUT2D eigenvalue weighted by molar-refractivity contribution is 7.90. The van der Waals surface area contributed by atoms with Crippen LogP contribution in [-0.2, 0) is 19.4 Å². The first-order chi connectivity index (χ1) is 5.37. The summed E-state index contributed by atoms with van der Waals surface area (Å²) in [7, 11) is -1.62. The lowest BCUT2D eigenvalue weighted by Gasteiger charge is -2.06. The van der Waals surface area contributed by atoms with Gasteiger partial charge < -0.3 is 4.74 Å². The summed E-state index contributed by atoms with van der Waals surface area (Å²) in [5.74, 6) is -0.276. The summed E-state index contributed by atoms with van der Waals surface area (Å²) in [5, 5.41) is 0. The Morgan fingerprint density at radius 2 is 2.00 bits per heavy atom. The molecule has 0 aliphatic rings. The van der Waals surface area contributed by atoms with Gasteiger partial charge in [0.1, 0.15) is 15.9 Å². The first-order valence-electron chi connectivity index (χ1n) is 3.60. The Morgan fingerprint density at radius 1 is 1.50 bits per heavy atom. The van der Waals surface area contributed by atoms with Gasteiger partial charge in [0.2, 0.25) is 0 Å². The van der Waals surface area contributed by atoms with Gasteiger partial charge in [-0.15, -0.1) is 0 Å². The van der Waals surface area contributed by atoms with E-state index < -0.39 is 15.9 Å². The van der Waals surface area contributed by atoms with Crippen LogP contribution >= 0.6 is 0 Å². The minimum Gasteiger partial charge on any atom is -0.374 e. The molecule has 0 bridgehead atoms. The maximum absolute atomic E-state index is 11.0. The first-order valence-corrected chi connectivity index (χ1v) is 5.66. The van der Waals surface area contributed by atoms with Gasteiger partial charge in [0.05, 0.1) is 5.75 Å². The monoisotopic (exact) mass is 194 g/mol. The number of hydrogen-bond acceptors (Lipinski definition) is 4. The number of carbonyl (C=O) groups excluding carboxylic acids is 1. The predicted octanol–water partition coefficient (Wildman–Crippen LogP) is 0.0251. The Bertz CT molecular complexity index is 242. The molecule has 1 atom stereocenters. The summed E-state index contributed by atoms with van der Waals surface area (Å²) in [6, 6.07) is 0. The van der Waals surface area contributed by atoms with Crippen LogP contribution in [0.3, 0.4) is 0 Å². The number of ketones is 1. The van der Waals surface area contributed by atoms with Crippen molar-refractivity contribution in [2.75, 3.05) is 19.1 Å². The van der Waals surface area contributed by atoms with E-state index in [1.807, 2.05) is 0 Å². The molecule has 0 aromatic rings. The Hall–Kier alpha value is -0.420. The van der Waals surface area contributed by atoms with E-state index in [1.54, 1.807) is 6.92 Å². The Kier molecular flexibility index (Phi) is 4.41. The fraction of sp³-hybridized carbons (Fsp3) is 0.857. The molecule has 0 heterocycles. The molecule has 0 amide bonds. The molecule has 0 spiro atoms. The average Bonchev–Trinajstić information content (AvgIpc) is 1.97. The van der Waals surface area contributed by atoms with E-state index in [-0.39, 0.29) is 18.0 Å². The zero-order chi connectivity index (χ0) is 9.78. The number of methoxy groups -OCH3 is 1. The second-order valence-electron chi connectivity index (χ2n) is 2.72. The van der Waals surface area contributed by atoms with Crippen molar-refractivity contribution in [1.82, 2.24) is 0 Å². The molecular formula is C7H14O4S. The van der Waals surface area contributed by atoms with E-state index in [1.165, 1.54) is 7.11 Å². The molecule has 0 fully saturated rings. The molecule has 12 heavy (non-hydrogen) atoms. The summed E-state index contributed by atoms with van der Waals surface area (Å²) in [5.41, 5.74) is 0. The smallest absolute Gasteiger partial charge is 0.162 e. The van der Waals surface area contributed by atoms with Gasteiger partial charge in [0, 0.05) is 19.8 Å². The fourth-order valence-electron chi connectivity index (χ4n) is 0.621. The normalized spacial score (nSPS) is 14.2. The van der Waals surface area contributed by atoms with Gasteiger partial charge in [-0.1, -0.05) is 0 Å². The van der Waals surface area contributed by atoms with Crippen LogP contribution < -0.4 is 0 Å². The van der Waals surface area contributed by atoms with Crippen LogP contribution in [-0.4, -0.2) is 39.4 Å². The molecule has 0 N–H and O–H groups in total. The molecule has 1 unspecified atom stereocenters. The molecule has 0 saturated heterocycles. The number of hydrogen-bond donors (Lipinski definition) is 0. The highest BCUT2D eigenvalue weighted by Crippen LogP contribution is 1.97. The van der Waals surface area contributed by atoms with Crippen LogP contribution in [0.5, 0.6) is 0 Å². The van der Waals surface area contributed by atoms with Crippen molar-refractivity contribution >= 4 is 15.6 Å². The predicted molar refractivity (Wildman–Crippen MR) is 45.8 cm³/mol. The number of rotatable bonds is 5. The van der Waals surface area contributed by atoms with Crippen molar-refractivity contribution in [3.63, 3.8) is 0 Å². The fourth-order valence-corrected chi connectivity index (χ4v) is 1.19. The summed E-state index contributed by atoms with van der Waals surface area (Å²) < 4.78 is 26.0. The molecular weight excluding hydrogens is 180 g/mol. The van der Waals surface area contributed by atoms with Crippen molar-refractivity contribution in [2.45, 2.75) is 19.4 Å². The molecule has 5 heteroatoms. The van der Waals surface area contributed by atoms with E-state index in [2.05, 4.69) is 0 Å². The van der Waals surface area contributed by atoms with Crippen LogP contribution in [0.25, 0.3) is 0 Å². The van der Waals surface area contributed by atoms with E-state index in [0.717, 1.165) is 6.26 Å². The molecule has 0 saturated carbocycles. The maximum atomic E-state index is 11.0. The minimum absolute atomic E-state index is 0.0356. The topological polar surface area (TPSA) is 60.4 Å². The second-order valence-corrected chi connectivity index (χ2v) is 4.98. The first kappa shape index (κ1) is 11.6. The van der Waals surface area contributed by atoms with Gasteiger partial charge in [0.25, 0.3) is 0 Å². The van der Waals surface area contributed by atoms with Crippen LogP contribution in [0.2, 0.25) is 0 Å². The lowest BCUT2D eigenvalue weighted by atomic mass is 10.2. The number of carbonyl (C=O) groups is 1. The van der Waals surface area contributed by atoms with E-state index in [9.17, 15) is 13.2 Å². The highest BCUT2D eigenvalue weighted by atomic mass is 32.2. The van der Waals surface area contributed by atoms with Crippen molar-refractivity contribution in [3.8, 4) is 0 Å². The number of ether oxygens (including phenoxy) is 1. The summed E-state index contributed by atoms with van der Waals surface area (Å²) in [4.78, 5) is 11.0. The largest absolute Gasteiger partial charge is 0.374 e. The summed E-state index contributed by atoms with van der Waals surface area (Å²) in [6.45, 7) is 1.60. The number of sulfone groups is 1. The van der Waals surface area contributed by atoms with Gasteiger partial charge in [0.15, 0.2) is 5.78 Å². The van der Waals surface area contributed by atoms with Gasteiger partial charge in [-0.2, -0.15) is 0 Å². The Morgan fingerprint density at radius 3 is 2.33 bits per heavy atom. The highest BCUT2D eigenvalue weighted by Gasteiger charge is 2.13. The zero-order valence-corrected chi connectivity index (χ0v) is 8.35. The molecule has 0 aliphatic carbocycles. The van der Waals surface area contributed by atoms with Crippen molar-refractivity contribution in [1.29, 1.82) is 0 Å². The molecule has 72 valence electrons. The Balaban J connectivity index is 3.88. The average molecular weight is 194 g/mol. The van der Waals surface area contributed by atoms with Gasteiger partial charge in [-0.3, -0.25) is 4.79 Å². The molecule has 0 radical (unpaired) electrons. The van der Waals surface area contributed by atoms with Crippen molar-refractivity contribution < 1.29 is 17.9 Å². The standard InChI is InChI=1S/C7H14O4S/c1-6(11-2)7(8)4-5-12(3,9)10/h6H,4-5H2,1-3H3. The maximum Gasteiger partial charge on any atom is 0.162 e. The molecule has 0 aromatic carbocycles. The van der Waals surface area contributed by atoms with Crippen LogP contribution in [0.4, 0.5) is 0 Å². The number of Topliss-reactive ketones (excluding diaryl/α,β-unsaturated/α-hetero) is 1. The Labute approximate surface area is 72.8 Å². The minimum atomic E-state index is -3.04.